The van der Waals surface area contributed by atoms with Crippen LogP contribution >= 0.6 is 0 Å². The lowest BCUT2D eigenvalue weighted by molar-refractivity contribution is -0.151. The van der Waals surface area contributed by atoms with Gasteiger partial charge >= 0.3 is 5.97 Å². The molecule has 21 heavy (non-hydrogen) atoms. The number of aromatic nitrogens is 1. The first-order valence-corrected chi connectivity index (χ1v) is 6.81. The van der Waals surface area contributed by atoms with Crippen molar-refractivity contribution in [2.24, 2.45) is 5.41 Å². The number of aliphatic carboxylic acids is 1. The van der Waals surface area contributed by atoms with E-state index in [4.69, 9.17) is 9.26 Å². The fourth-order valence-electron chi connectivity index (χ4n) is 2.13. The fourth-order valence-corrected chi connectivity index (χ4v) is 2.13. The monoisotopic (exact) mass is 298 g/mol. The third-order valence-corrected chi connectivity index (χ3v) is 3.26. The molecule has 0 radical (unpaired) electrons. The maximum absolute atomic E-state index is 12.0. The number of ether oxygens (including phenoxy) is 1. The molecule has 0 aliphatic carbocycles. The number of rotatable bonds is 8. The van der Waals surface area contributed by atoms with E-state index in [1.807, 2.05) is 6.92 Å². The van der Waals surface area contributed by atoms with Gasteiger partial charge in [-0.1, -0.05) is 12.1 Å². The molecule has 0 bridgehead atoms. The average Bonchev–Trinajstić information content (AvgIpc) is 2.87. The molecular formula is C14H22N2O5. The van der Waals surface area contributed by atoms with Crippen LogP contribution in [0.15, 0.2) is 10.6 Å². The SMILES string of the molecule is CCc1cc(C(=O)NC(C)CC(C)(COC)C(=O)O)on1. The molecule has 0 aromatic carbocycles. The van der Waals surface area contributed by atoms with E-state index in [1.54, 1.807) is 19.9 Å². The highest BCUT2D eigenvalue weighted by Crippen LogP contribution is 2.24. The highest BCUT2D eigenvalue weighted by molar-refractivity contribution is 5.91. The van der Waals surface area contributed by atoms with Crippen molar-refractivity contribution in [3.05, 3.63) is 17.5 Å². The summed E-state index contributed by atoms with van der Waals surface area (Å²) < 4.78 is 9.89. The first-order valence-electron chi connectivity index (χ1n) is 6.81. The molecule has 7 nitrogen and oxygen atoms in total. The molecule has 2 atom stereocenters. The maximum atomic E-state index is 12.0. The molecule has 0 saturated carbocycles. The van der Waals surface area contributed by atoms with Gasteiger partial charge in [0.25, 0.3) is 5.91 Å². The van der Waals surface area contributed by atoms with Gasteiger partial charge in [-0.05, 0) is 26.7 Å². The lowest BCUT2D eigenvalue weighted by Crippen LogP contribution is -2.41. The van der Waals surface area contributed by atoms with Gasteiger partial charge in [0.1, 0.15) is 0 Å². The number of nitrogens with one attached hydrogen (secondary N) is 1. The minimum atomic E-state index is -1.06. The van der Waals surface area contributed by atoms with Crippen LogP contribution in [-0.2, 0) is 16.0 Å². The van der Waals surface area contributed by atoms with Crippen molar-refractivity contribution in [3.63, 3.8) is 0 Å². The Morgan fingerprint density at radius 1 is 1.57 bits per heavy atom. The van der Waals surface area contributed by atoms with Crippen LogP contribution in [0.4, 0.5) is 0 Å². The number of methoxy groups -OCH3 is 1. The second-order valence-corrected chi connectivity index (χ2v) is 5.41. The van der Waals surface area contributed by atoms with Gasteiger partial charge in [-0.25, -0.2) is 0 Å². The van der Waals surface area contributed by atoms with Crippen LogP contribution < -0.4 is 5.32 Å². The number of nitrogens with zero attached hydrogens (tertiary/aromatic N) is 1. The van der Waals surface area contributed by atoms with Crippen LogP contribution in [0.5, 0.6) is 0 Å². The first kappa shape index (κ1) is 17.2. The lowest BCUT2D eigenvalue weighted by Gasteiger charge is -2.27. The van der Waals surface area contributed by atoms with E-state index in [2.05, 4.69) is 10.5 Å². The molecule has 1 aromatic heterocycles. The van der Waals surface area contributed by atoms with Crippen molar-refractivity contribution in [3.8, 4) is 0 Å². The number of carbonyl (C=O) groups excluding carboxylic acids is 1. The molecule has 0 aliphatic rings. The summed E-state index contributed by atoms with van der Waals surface area (Å²) in [7, 11) is 1.45. The third-order valence-electron chi connectivity index (χ3n) is 3.26. The Kier molecular flexibility index (Phi) is 5.90. The highest BCUT2D eigenvalue weighted by atomic mass is 16.5. The summed E-state index contributed by atoms with van der Waals surface area (Å²) in [6.07, 6.45) is 0.925. The van der Waals surface area contributed by atoms with Crippen LogP contribution in [0.1, 0.15) is 43.4 Å². The van der Waals surface area contributed by atoms with Crippen molar-refractivity contribution in [2.45, 2.75) is 39.7 Å². The lowest BCUT2D eigenvalue weighted by atomic mass is 9.85. The molecule has 1 rings (SSSR count). The number of amides is 1. The summed E-state index contributed by atoms with van der Waals surface area (Å²) in [4.78, 5) is 23.3. The Balaban J connectivity index is 2.65. The third kappa shape index (κ3) is 4.56. The van der Waals surface area contributed by atoms with E-state index in [1.165, 1.54) is 7.11 Å². The molecule has 1 amide bonds. The van der Waals surface area contributed by atoms with Gasteiger partial charge in [-0.3, -0.25) is 9.59 Å². The summed E-state index contributed by atoms with van der Waals surface area (Å²) in [5.74, 6) is -1.24. The van der Waals surface area contributed by atoms with Crippen LogP contribution in [0.2, 0.25) is 0 Å². The predicted molar refractivity (Wildman–Crippen MR) is 75.0 cm³/mol. The molecule has 2 N–H and O–H groups in total. The second-order valence-electron chi connectivity index (χ2n) is 5.41. The molecule has 1 heterocycles. The minimum absolute atomic E-state index is 0.0742. The highest BCUT2D eigenvalue weighted by Gasteiger charge is 2.35. The normalized spacial score (nSPS) is 15.2. The van der Waals surface area contributed by atoms with Crippen molar-refractivity contribution >= 4 is 11.9 Å². The smallest absolute Gasteiger partial charge is 0.311 e. The Hall–Kier alpha value is -1.89. The Labute approximate surface area is 123 Å². The molecule has 1 aromatic rings. The molecule has 0 saturated heterocycles. The van der Waals surface area contributed by atoms with Gasteiger partial charge < -0.3 is 19.7 Å². The molecule has 0 aliphatic heterocycles. The molecule has 2 unspecified atom stereocenters. The summed E-state index contributed by atoms with van der Waals surface area (Å²) in [5.41, 5.74) is -0.361. The number of hydrogen-bond donors (Lipinski definition) is 2. The first-order chi connectivity index (χ1) is 9.82. The zero-order chi connectivity index (χ0) is 16.0. The van der Waals surface area contributed by atoms with Crippen LogP contribution in [0.3, 0.4) is 0 Å². The van der Waals surface area contributed by atoms with Crippen molar-refractivity contribution in [1.82, 2.24) is 10.5 Å². The summed E-state index contributed by atoms with van der Waals surface area (Å²) in [6, 6.07) is 1.23. The summed E-state index contributed by atoms with van der Waals surface area (Å²) in [6.45, 7) is 5.31. The number of aryl methyl sites for hydroxylation is 1. The molecule has 7 heteroatoms. The van der Waals surface area contributed by atoms with Crippen LogP contribution in [0.25, 0.3) is 0 Å². The predicted octanol–water partition coefficient (Wildman–Crippen LogP) is 1.48. The number of carboxylic acid groups (broad SMARTS) is 1. The van der Waals surface area contributed by atoms with Gasteiger partial charge in [0.05, 0.1) is 17.7 Å². The topological polar surface area (TPSA) is 102 Å². The molecular weight excluding hydrogens is 276 g/mol. The van der Waals surface area contributed by atoms with Crippen molar-refractivity contribution in [1.29, 1.82) is 0 Å². The minimum Gasteiger partial charge on any atom is -0.481 e. The fraction of sp³-hybridized carbons (Fsp3) is 0.643. The molecule has 0 spiro atoms. The average molecular weight is 298 g/mol. The van der Waals surface area contributed by atoms with E-state index in [-0.39, 0.29) is 24.8 Å². The Bertz CT molecular complexity index is 499. The zero-order valence-corrected chi connectivity index (χ0v) is 12.8. The number of carboxylic acids is 1. The number of carbonyl (C=O) groups is 2. The molecule has 0 fully saturated rings. The molecule has 118 valence electrons. The quantitative estimate of drug-likeness (QED) is 0.753. The van der Waals surface area contributed by atoms with Crippen molar-refractivity contribution in [2.75, 3.05) is 13.7 Å². The standard InChI is InChI=1S/C14H22N2O5/c1-5-10-6-11(21-16-10)12(17)15-9(2)7-14(3,8-20-4)13(18)19/h6,9H,5,7-8H2,1-4H3,(H,15,17)(H,18,19). The van der Waals surface area contributed by atoms with E-state index in [9.17, 15) is 14.7 Å². The van der Waals surface area contributed by atoms with Crippen LogP contribution in [0, 0.1) is 5.41 Å². The van der Waals surface area contributed by atoms with Gasteiger partial charge in [0.2, 0.25) is 5.76 Å². The Morgan fingerprint density at radius 3 is 2.71 bits per heavy atom. The van der Waals surface area contributed by atoms with E-state index in [0.29, 0.717) is 12.1 Å². The van der Waals surface area contributed by atoms with Gasteiger partial charge in [-0.15, -0.1) is 0 Å². The summed E-state index contributed by atoms with van der Waals surface area (Å²) in [5, 5.41) is 15.7. The van der Waals surface area contributed by atoms with E-state index in [0.717, 1.165) is 0 Å². The van der Waals surface area contributed by atoms with Crippen molar-refractivity contribution < 1.29 is 24.0 Å². The van der Waals surface area contributed by atoms with Gasteiger partial charge in [0, 0.05) is 19.2 Å². The zero-order valence-electron chi connectivity index (χ0n) is 12.8. The maximum Gasteiger partial charge on any atom is 0.311 e. The summed E-state index contributed by atoms with van der Waals surface area (Å²) >= 11 is 0. The van der Waals surface area contributed by atoms with Gasteiger partial charge in [0.15, 0.2) is 0 Å². The van der Waals surface area contributed by atoms with E-state index >= 15 is 0 Å². The van der Waals surface area contributed by atoms with Crippen LogP contribution in [-0.4, -0.2) is 41.9 Å². The number of hydrogen-bond acceptors (Lipinski definition) is 5. The largest absolute Gasteiger partial charge is 0.481 e. The van der Waals surface area contributed by atoms with E-state index < -0.39 is 17.3 Å². The second kappa shape index (κ2) is 7.21. The Morgan fingerprint density at radius 2 is 2.24 bits per heavy atom. The van der Waals surface area contributed by atoms with Gasteiger partial charge in [-0.2, -0.15) is 0 Å².